The molecule has 0 radical (unpaired) electrons. The Morgan fingerprint density at radius 2 is 0.537 bits per heavy atom. The maximum Gasteiger partial charge on any atom is 0.306 e. The van der Waals surface area contributed by atoms with Gasteiger partial charge >= 0.3 is 17.9 Å². The molecule has 67 heavy (non-hydrogen) atoms. The van der Waals surface area contributed by atoms with Gasteiger partial charge in [-0.2, -0.15) is 0 Å². The molecule has 0 aromatic rings. The van der Waals surface area contributed by atoms with Crippen LogP contribution in [0.2, 0.25) is 0 Å². The molecule has 0 bridgehead atoms. The first-order chi connectivity index (χ1) is 33.0. The zero-order valence-corrected chi connectivity index (χ0v) is 44.4. The van der Waals surface area contributed by atoms with E-state index in [1.807, 2.05) is 0 Å². The third-order valence-electron chi connectivity index (χ3n) is 12.5. The van der Waals surface area contributed by atoms with E-state index in [0.29, 0.717) is 19.3 Å². The predicted molar refractivity (Wildman–Crippen MR) is 288 cm³/mol. The number of carbonyl (C=O) groups excluding carboxylic acids is 3. The van der Waals surface area contributed by atoms with Crippen molar-refractivity contribution >= 4 is 17.9 Å². The Morgan fingerprint density at radius 1 is 0.299 bits per heavy atom. The summed E-state index contributed by atoms with van der Waals surface area (Å²) in [6.45, 7) is 6.57. The van der Waals surface area contributed by atoms with Gasteiger partial charge in [0.1, 0.15) is 13.2 Å². The van der Waals surface area contributed by atoms with E-state index in [2.05, 4.69) is 81.5 Å². The van der Waals surface area contributed by atoms with Gasteiger partial charge in [-0.3, -0.25) is 14.4 Å². The number of ether oxygens (including phenoxy) is 3. The lowest BCUT2D eigenvalue weighted by Gasteiger charge is -2.18. The Morgan fingerprint density at radius 3 is 0.896 bits per heavy atom. The quantitative estimate of drug-likeness (QED) is 0.0262. The Hall–Kier alpha value is -2.89. The second-order valence-electron chi connectivity index (χ2n) is 19.2. The van der Waals surface area contributed by atoms with Crippen LogP contribution in [0.1, 0.15) is 290 Å². The molecular weight excluding hydrogens is 829 g/mol. The van der Waals surface area contributed by atoms with Crippen LogP contribution in [0.3, 0.4) is 0 Å². The van der Waals surface area contributed by atoms with Crippen LogP contribution in [0.5, 0.6) is 0 Å². The summed E-state index contributed by atoms with van der Waals surface area (Å²) in [4.78, 5) is 38.1. The molecule has 0 rings (SSSR count). The number of carbonyl (C=O) groups is 3. The Bertz CT molecular complexity index is 1210. The molecule has 1 atom stereocenters. The molecule has 6 nitrogen and oxygen atoms in total. The summed E-state index contributed by atoms with van der Waals surface area (Å²) in [5.41, 5.74) is 0. The molecule has 0 saturated carbocycles. The van der Waals surface area contributed by atoms with Crippen molar-refractivity contribution in [3.63, 3.8) is 0 Å². The van der Waals surface area contributed by atoms with Gasteiger partial charge in [-0.1, -0.05) is 242 Å². The monoisotopic (exact) mass is 937 g/mol. The standard InChI is InChI=1S/C61H108O6/c1-4-7-10-13-16-19-22-25-28-29-30-31-34-36-39-42-45-48-51-54-60(63)66-57-58(67-61(64)55-52-49-46-43-40-37-33-27-24-21-18-15-12-9-6-3)56-65-59(62)53-50-47-44-41-38-35-32-26-23-20-17-14-11-8-5-2/h17-18,20-21,26-27,32-33,40,43,58H,4-16,19,22-25,28-31,34-39,41-42,44-57H2,1-3H3/b20-17-,21-18-,32-26-,33-27-,43-40-/t58-/m1/s1. The smallest absolute Gasteiger partial charge is 0.306 e. The summed E-state index contributed by atoms with van der Waals surface area (Å²) in [5, 5.41) is 0. The number of esters is 3. The highest BCUT2D eigenvalue weighted by molar-refractivity contribution is 5.71. The fourth-order valence-electron chi connectivity index (χ4n) is 8.13. The number of hydrogen-bond donors (Lipinski definition) is 0. The topological polar surface area (TPSA) is 78.9 Å². The van der Waals surface area contributed by atoms with E-state index in [0.717, 1.165) is 83.5 Å². The average molecular weight is 938 g/mol. The SMILES string of the molecule is CCCCC/C=C\C/C=C\C/C=C\CCCCC(=O)O[C@H](COC(=O)CCCCCCC/C=C\C/C=C\CCCCC)COC(=O)CCCCCCCCCCCCCCCCCCCCC. The molecule has 0 spiro atoms. The molecule has 0 fully saturated rings. The minimum Gasteiger partial charge on any atom is -0.462 e. The second kappa shape index (κ2) is 55.7. The highest BCUT2D eigenvalue weighted by Gasteiger charge is 2.19. The van der Waals surface area contributed by atoms with E-state index in [1.54, 1.807) is 0 Å². The maximum atomic E-state index is 12.8. The van der Waals surface area contributed by atoms with Crippen LogP contribution in [0.15, 0.2) is 60.8 Å². The summed E-state index contributed by atoms with van der Waals surface area (Å²) in [6, 6.07) is 0. The van der Waals surface area contributed by atoms with Crippen LogP contribution in [0.4, 0.5) is 0 Å². The largest absolute Gasteiger partial charge is 0.462 e. The summed E-state index contributed by atoms with van der Waals surface area (Å²) in [5.74, 6) is -0.933. The molecule has 388 valence electrons. The van der Waals surface area contributed by atoms with E-state index < -0.39 is 6.10 Å². The van der Waals surface area contributed by atoms with Gasteiger partial charge in [-0.15, -0.1) is 0 Å². The number of rotatable bonds is 52. The minimum atomic E-state index is -0.798. The van der Waals surface area contributed by atoms with Gasteiger partial charge in [0.2, 0.25) is 0 Å². The molecule has 6 heteroatoms. The molecular formula is C61H108O6. The number of hydrogen-bond acceptors (Lipinski definition) is 6. The van der Waals surface area contributed by atoms with E-state index in [-0.39, 0.29) is 37.5 Å². The van der Waals surface area contributed by atoms with Crippen LogP contribution in [0, 0.1) is 0 Å². The van der Waals surface area contributed by atoms with Crippen molar-refractivity contribution in [2.24, 2.45) is 0 Å². The first-order valence-corrected chi connectivity index (χ1v) is 28.8. The fourth-order valence-corrected chi connectivity index (χ4v) is 8.13. The van der Waals surface area contributed by atoms with E-state index in [9.17, 15) is 14.4 Å². The van der Waals surface area contributed by atoms with Crippen LogP contribution in [0.25, 0.3) is 0 Å². The lowest BCUT2D eigenvalue weighted by atomic mass is 10.0. The fraction of sp³-hybridized carbons (Fsp3) is 0.787. The highest BCUT2D eigenvalue weighted by Crippen LogP contribution is 2.16. The molecule has 0 saturated heterocycles. The van der Waals surface area contributed by atoms with Crippen molar-refractivity contribution < 1.29 is 28.6 Å². The van der Waals surface area contributed by atoms with Crippen molar-refractivity contribution in [2.45, 2.75) is 297 Å². The average Bonchev–Trinajstić information content (AvgIpc) is 3.33. The maximum absolute atomic E-state index is 12.8. The molecule has 0 aliphatic heterocycles. The number of unbranched alkanes of at least 4 members (excludes halogenated alkanes) is 31. The molecule has 0 aromatic carbocycles. The summed E-state index contributed by atoms with van der Waals surface area (Å²) < 4.78 is 16.8. The molecule has 0 aliphatic rings. The normalized spacial score (nSPS) is 12.5. The van der Waals surface area contributed by atoms with Crippen LogP contribution in [-0.4, -0.2) is 37.2 Å². The molecule has 0 aromatic heterocycles. The lowest BCUT2D eigenvalue weighted by molar-refractivity contribution is -0.167. The third-order valence-corrected chi connectivity index (χ3v) is 12.5. The van der Waals surface area contributed by atoms with Gasteiger partial charge < -0.3 is 14.2 Å². The Kier molecular flexibility index (Phi) is 53.3. The zero-order chi connectivity index (χ0) is 48.6. The molecule has 0 aliphatic carbocycles. The van der Waals surface area contributed by atoms with Gasteiger partial charge in [-0.05, 0) is 89.9 Å². The lowest BCUT2D eigenvalue weighted by Crippen LogP contribution is -2.30. The van der Waals surface area contributed by atoms with Crippen molar-refractivity contribution in [1.29, 1.82) is 0 Å². The van der Waals surface area contributed by atoms with Gasteiger partial charge in [0.25, 0.3) is 0 Å². The molecule has 0 amide bonds. The van der Waals surface area contributed by atoms with E-state index in [4.69, 9.17) is 14.2 Å². The van der Waals surface area contributed by atoms with Crippen molar-refractivity contribution in [2.75, 3.05) is 13.2 Å². The van der Waals surface area contributed by atoms with Crippen LogP contribution < -0.4 is 0 Å². The van der Waals surface area contributed by atoms with Crippen molar-refractivity contribution in [3.05, 3.63) is 60.8 Å². The van der Waals surface area contributed by atoms with Gasteiger partial charge in [0.05, 0.1) is 0 Å². The Balaban J connectivity index is 4.40. The molecule has 0 heterocycles. The third kappa shape index (κ3) is 53.9. The van der Waals surface area contributed by atoms with Gasteiger partial charge in [0.15, 0.2) is 6.10 Å². The molecule has 0 unspecified atom stereocenters. The highest BCUT2D eigenvalue weighted by atomic mass is 16.6. The van der Waals surface area contributed by atoms with Crippen LogP contribution >= 0.6 is 0 Å². The molecule has 0 N–H and O–H groups in total. The summed E-state index contributed by atoms with van der Waals surface area (Å²) in [6.07, 6.45) is 69.3. The number of allylic oxidation sites excluding steroid dienone is 10. The predicted octanol–water partition coefficient (Wildman–Crippen LogP) is 19.2. The van der Waals surface area contributed by atoms with E-state index >= 15 is 0 Å². The first kappa shape index (κ1) is 64.1. The van der Waals surface area contributed by atoms with Gasteiger partial charge in [-0.25, -0.2) is 0 Å². The van der Waals surface area contributed by atoms with Crippen molar-refractivity contribution in [3.8, 4) is 0 Å². The first-order valence-electron chi connectivity index (χ1n) is 28.8. The van der Waals surface area contributed by atoms with Crippen molar-refractivity contribution in [1.82, 2.24) is 0 Å². The zero-order valence-electron chi connectivity index (χ0n) is 44.4. The Labute approximate surface area is 415 Å². The summed E-state index contributed by atoms with van der Waals surface area (Å²) in [7, 11) is 0. The van der Waals surface area contributed by atoms with Gasteiger partial charge in [0, 0.05) is 19.3 Å². The summed E-state index contributed by atoms with van der Waals surface area (Å²) >= 11 is 0. The van der Waals surface area contributed by atoms with E-state index in [1.165, 1.54) is 161 Å². The van der Waals surface area contributed by atoms with Crippen LogP contribution in [-0.2, 0) is 28.6 Å². The minimum absolute atomic E-state index is 0.0917. The second-order valence-corrected chi connectivity index (χ2v) is 19.2.